The maximum absolute atomic E-state index is 12.9. The Hall–Kier alpha value is -3.55. The fourth-order valence-corrected chi connectivity index (χ4v) is 3.39. The van der Waals surface area contributed by atoms with E-state index in [9.17, 15) is 14.4 Å². The van der Waals surface area contributed by atoms with Gasteiger partial charge in [0.2, 0.25) is 5.91 Å². The predicted octanol–water partition coefficient (Wildman–Crippen LogP) is 2.24. The molecule has 0 spiro atoms. The highest BCUT2D eigenvalue weighted by atomic mass is 16.2. The number of benzene rings is 2. The van der Waals surface area contributed by atoms with Crippen molar-refractivity contribution < 1.29 is 14.4 Å². The van der Waals surface area contributed by atoms with Crippen molar-refractivity contribution in [2.45, 2.75) is 25.9 Å². The van der Waals surface area contributed by atoms with E-state index < -0.39 is 23.9 Å². The van der Waals surface area contributed by atoms with Gasteiger partial charge in [0, 0.05) is 5.69 Å². The topological polar surface area (TPSA) is 94.4 Å². The number of amides is 3. The van der Waals surface area contributed by atoms with Crippen LogP contribution in [0.2, 0.25) is 0 Å². The summed E-state index contributed by atoms with van der Waals surface area (Å²) >= 11 is 0. The normalized spacial score (nSPS) is 20.6. The van der Waals surface area contributed by atoms with Gasteiger partial charge in [0.15, 0.2) is 12.1 Å². The molecule has 0 saturated carbocycles. The minimum Gasteiger partial charge on any atom is -0.324 e. The number of nitrogens with one attached hydrogen (secondary N) is 1. The van der Waals surface area contributed by atoms with E-state index in [1.165, 1.54) is 5.01 Å². The minimum atomic E-state index is -0.916. The van der Waals surface area contributed by atoms with E-state index in [1.54, 1.807) is 30.3 Å². The number of anilines is 2. The molecular formula is C20H19N5O3. The summed E-state index contributed by atoms with van der Waals surface area (Å²) in [6, 6.07) is 12.6. The van der Waals surface area contributed by atoms with E-state index >= 15 is 0 Å². The number of rotatable bonds is 4. The smallest absolute Gasteiger partial charge is 0.263 e. The zero-order valence-electron chi connectivity index (χ0n) is 15.5. The summed E-state index contributed by atoms with van der Waals surface area (Å²) in [6.07, 6.45) is 0. The standard InChI is InChI=1S/C20H19N5O3/c1-12-8-9-13(2)15(10-12)21-16(26)11-24-18-17(22-23-24)19(27)25(20(18)28)14-6-4-3-5-7-14/h3-10,17-18H,11H2,1-2H3,(H,21,26)/t17-,18+/m1/s1. The molecule has 2 aromatic carbocycles. The van der Waals surface area contributed by atoms with Gasteiger partial charge in [0.25, 0.3) is 11.8 Å². The maximum atomic E-state index is 12.9. The largest absolute Gasteiger partial charge is 0.324 e. The number of nitrogens with zero attached hydrogens (tertiary/aromatic N) is 4. The maximum Gasteiger partial charge on any atom is 0.263 e. The summed E-state index contributed by atoms with van der Waals surface area (Å²) in [4.78, 5) is 39.1. The lowest BCUT2D eigenvalue weighted by Crippen LogP contribution is -2.43. The van der Waals surface area contributed by atoms with Crippen LogP contribution < -0.4 is 10.2 Å². The van der Waals surface area contributed by atoms with Crippen molar-refractivity contribution in [3.05, 3.63) is 59.7 Å². The number of carbonyl (C=O) groups excluding carboxylic acids is 3. The van der Waals surface area contributed by atoms with Crippen LogP contribution in [0.4, 0.5) is 11.4 Å². The van der Waals surface area contributed by atoms with E-state index in [2.05, 4.69) is 15.7 Å². The zero-order chi connectivity index (χ0) is 19.8. The van der Waals surface area contributed by atoms with Crippen LogP contribution >= 0.6 is 0 Å². The zero-order valence-corrected chi connectivity index (χ0v) is 15.5. The summed E-state index contributed by atoms with van der Waals surface area (Å²) in [5.41, 5.74) is 3.15. The van der Waals surface area contributed by atoms with Crippen LogP contribution in [0, 0.1) is 13.8 Å². The first-order valence-electron chi connectivity index (χ1n) is 8.93. The van der Waals surface area contributed by atoms with Crippen LogP contribution in [0.1, 0.15) is 11.1 Å². The molecule has 8 heteroatoms. The summed E-state index contributed by atoms with van der Waals surface area (Å²) in [5.74, 6) is -1.18. The molecule has 0 bridgehead atoms. The summed E-state index contributed by atoms with van der Waals surface area (Å²) in [6.45, 7) is 3.67. The summed E-state index contributed by atoms with van der Waals surface area (Å²) in [7, 11) is 0. The van der Waals surface area contributed by atoms with Gasteiger partial charge in [-0.1, -0.05) is 35.6 Å². The van der Waals surface area contributed by atoms with Crippen LogP contribution in [0.3, 0.4) is 0 Å². The predicted molar refractivity (Wildman–Crippen MR) is 103 cm³/mol. The molecule has 142 valence electrons. The van der Waals surface area contributed by atoms with Crippen molar-refractivity contribution in [3.63, 3.8) is 0 Å². The Balaban J connectivity index is 1.49. The van der Waals surface area contributed by atoms with Gasteiger partial charge in [-0.2, -0.15) is 5.11 Å². The van der Waals surface area contributed by atoms with Crippen molar-refractivity contribution in [2.24, 2.45) is 10.3 Å². The van der Waals surface area contributed by atoms with Crippen LogP contribution in [0.5, 0.6) is 0 Å². The first kappa shape index (κ1) is 17.8. The first-order chi connectivity index (χ1) is 13.5. The van der Waals surface area contributed by atoms with Gasteiger partial charge >= 0.3 is 0 Å². The molecule has 2 aliphatic heterocycles. The minimum absolute atomic E-state index is 0.167. The third kappa shape index (κ3) is 3.02. The Morgan fingerprint density at radius 1 is 1.07 bits per heavy atom. The SMILES string of the molecule is Cc1ccc(C)c(NC(=O)CN2N=N[C@H]3C(=O)N(c4ccccc4)C(=O)[C@H]32)c1. The quantitative estimate of drug-likeness (QED) is 0.827. The average Bonchev–Trinajstić information content (AvgIpc) is 3.19. The molecule has 0 radical (unpaired) electrons. The van der Waals surface area contributed by atoms with Crippen LogP contribution in [-0.2, 0) is 14.4 Å². The molecule has 0 aliphatic carbocycles. The van der Waals surface area contributed by atoms with E-state index in [-0.39, 0.29) is 12.5 Å². The Kier molecular flexibility index (Phi) is 4.38. The van der Waals surface area contributed by atoms with Crippen molar-refractivity contribution in [1.82, 2.24) is 5.01 Å². The second-order valence-electron chi connectivity index (χ2n) is 6.91. The van der Waals surface area contributed by atoms with Crippen LogP contribution in [0.15, 0.2) is 58.9 Å². The van der Waals surface area contributed by atoms with Crippen molar-refractivity contribution >= 4 is 29.1 Å². The van der Waals surface area contributed by atoms with Crippen molar-refractivity contribution in [3.8, 4) is 0 Å². The Morgan fingerprint density at radius 2 is 1.82 bits per heavy atom. The molecule has 4 rings (SSSR count). The number of carbonyl (C=O) groups is 3. The van der Waals surface area contributed by atoms with Gasteiger partial charge in [-0.3, -0.25) is 19.4 Å². The van der Waals surface area contributed by atoms with Gasteiger partial charge in [-0.05, 0) is 43.2 Å². The second kappa shape index (κ2) is 6.88. The Bertz CT molecular complexity index is 989. The molecule has 8 nitrogen and oxygen atoms in total. The fourth-order valence-electron chi connectivity index (χ4n) is 3.39. The number of imide groups is 1. The van der Waals surface area contributed by atoms with Crippen molar-refractivity contribution in [2.75, 3.05) is 16.8 Å². The third-order valence-corrected chi connectivity index (χ3v) is 4.85. The van der Waals surface area contributed by atoms with Gasteiger partial charge < -0.3 is 5.32 Å². The van der Waals surface area contributed by atoms with Crippen molar-refractivity contribution in [1.29, 1.82) is 0 Å². The molecule has 0 unspecified atom stereocenters. The Morgan fingerprint density at radius 3 is 2.57 bits per heavy atom. The molecule has 1 fully saturated rings. The molecule has 2 aromatic rings. The molecule has 1 saturated heterocycles. The highest BCUT2D eigenvalue weighted by Crippen LogP contribution is 2.31. The molecule has 0 aromatic heterocycles. The Labute approximate surface area is 161 Å². The van der Waals surface area contributed by atoms with Gasteiger partial charge in [0.1, 0.15) is 6.54 Å². The lowest BCUT2D eigenvalue weighted by molar-refractivity contribution is -0.123. The number of para-hydroxylation sites is 1. The lowest BCUT2D eigenvalue weighted by atomic mass is 10.1. The highest BCUT2D eigenvalue weighted by Gasteiger charge is 2.55. The summed E-state index contributed by atoms with van der Waals surface area (Å²) < 4.78 is 0. The lowest BCUT2D eigenvalue weighted by Gasteiger charge is -2.20. The first-order valence-corrected chi connectivity index (χ1v) is 8.93. The number of aryl methyl sites for hydroxylation is 2. The second-order valence-corrected chi connectivity index (χ2v) is 6.91. The van der Waals surface area contributed by atoms with Crippen LogP contribution in [-0.4, -0.2) is 41.4 Å². The molecule has 2 heterocycles. The molecule has 2 atom stereocenters. The average molecular weight is 377 g/mol. The molecule has 1 N–H and O–H groups in total. The number of fused-ring (bicyclic) bond motifs is 1. The van der Waals surface area contributed by atoms with Gasteiger partial charge in [0.05, 0.1) is 5.69 Å². The molecule has 3 amide bonds. The number of hydrogen-bond acceptors (Lipinski definition) is 6. The molecule has 28 heavy (non-hydrogen) atoms. The van der Waals surface area contributed by atoms with E-state index in [0.717, 1.165) is 16.0 Å². The monoisotopic (exact) mass is 377 g/mol. The van der Waals surface area contributed by atoms with Gasteiger partial charge in [-0.15, -0.1) is 0 Å². The number of hydrogen-bond donors (Lipinski definition) is 1. The molecular weight excluding hydrogens is 358 g/mol. The van der Waals surface area contributed by atoms with E-state index in [1.807, 2.05) is 32.0 Å². The van der Waals surface area contributed by atoms with Gasteiger partial charge in [-0.25, -0.2) is 4.90 Å². The van der Waals surface area contributed by atoms with E-state index in [0.29, 0.717) is 11.4 Å². The third-order valence-electron chi connectivity index (χ3n) is 4.85. The van der Waals surface area contributed by atoms with E-state index in [4.69, 9.17) is 0 Å². The molecule has 2 aliphatic rings. The summed E-state index contributed by atoms with van der Waals surface area (Å²) in [5, 5.41) is 12.0. The fraction of sp³-hybridized carbons (Fsp3) is 0.250. The highest BCUT2D eigenvalue weighted by molar-refractivity contribution is 6.25. The van der Waals surface area contributed by atoms with Crippen LogP contribution in [0.25, 0.3) is 0 Å².